The molecule has 0 unspecified atom stereocenters. The molecule has 0 spiro atoms. The topological polar surface area (TPSA) is 68.3 Å². The summed E-state index contributed by atoms with van der Waals surface area (Å²) in [7, 11) is 0. The van der Waals surface area contributed by atoms with Crippen molar-refractivity contribution >= 4 is 33.4 Å². The maximum absolute atomic E-state index is 12.2. The second-order valence-electron chi connectivity index (χ2n) is 5.75. The van der Waals surface area contributed by atoms with Crippen LogP contribution in [0.3, 0.4) is 0 Å². The van der Waals surface area contributed by atoms with E-state index in [0.29, 0.717) is 5.56 Å². The van der Waals surface area contributed by atoms with Crippen molar-refractivity contribution in [3.05, 3.63) is 64.7 Å². The highest BCUT2D eigenvalue weighted by molar-refractivity contribution is 7.18. The summed E-state index contributed by atoms with van der Waals surface area (Å²) in [6, 6.07) is 14.2. The lowest BCUT2D eigenvalue weighted by Gasteiger charge is -2.13. The highest BCUT2D eigenvalue weighted by Gasteiger charge is 2.18. The van der Waals surface area contributed by atoms with Crippen LogP contribution < -0.4 is 5.32 Å². The molecule has 1 N–H and O–H groups in total. The Bertz CT molecular complexity index is 887. The molecule has 1 aromatic heterocycles. The van der Waals surface area contributed by atoms with Crippen LogP contribution in [0.1, 0.15) is 27.9 Å². The van der Waals surface area contributed by atoms with Gasteiger partial charge in [0.05, 0.1) is 10.2 Å². The minimum absolute atomic E-state index is 0.100. The molecular formula is C19H18N2O3S. The molecule has 0 aliphatic heterocycles. The SMILES string of the molecule is Cc1cccc(C(=O)N[C@@H](C)C(=O)OCc2nc3ccccc3s2)c1. The van der Waals surface area contributed by atoms with Crippen molar-refractivity contribution in [2.75, 3.05) is 0 Å². The molecule has 3 aromatic rings. The Morgan fingerprint density at radius 2 is 2.00 bits per heavy atom. The predicted octanol–water partition coefficient (Wildman–Crippen LogP) is 3.47. The van der Waals surface area contributed by atoms with Gasteiger partial charge < -0.3 is 10.1 Å². The number of nitrogens with one attached hydrogen (secondary N) is 1. The zero-order chi connectivity index (χ0) is 17.8. The Morgan fingerprint density at radius 1 is 1.20 bits per heavy atom. The molecule has 0 fully saturated rings. The standard InChI is InChI=1S/C19H18N2O3S/c1-12-6-5-7-14(10-12)18(22)20-13(2)19(23)24-11-17-21-15-8-3-4-9-16(15)25-17/h3-10,13H,11H2,1-2H3,(H,20,22)/t13-/m0/s1. The van der Waals surface area contributed by atoms with Gasteiger partial charge in [-0.3, -0.25) is 4.79 Å². The molecule has 3 rings (SSSR count). The van der Waals surface area contributed by atoms with Gasteiger partial charge in [-0.15, -0.1) is 11.3 Å². The molecule has 2 aromatic carbocycles. The number of para-hydroxylation sites is 1. The first kappa shape index (κ1) is 17.1. The quantitative estimate of drug-likeness (QED) is 0.713. The fraction of sp³-hybridized carbons (Fsp3) is 0.211. The minimum Gasteiger partial charge on any atom is -0.457 e. The van der Waals surface area contributed by atoms with Crippen molar-refractivity contribution in [3.63, 3.8) is 0 Å². The molecule has 5 nitrogen and oxygen atoms in total. The molecule has 1 atom stereocenters. The van der Waals surface area contributed by atoms with Crippen molar-refractivity contribution in [3.8, 4) is 0 Å². The van der Waals surface area contributed by atoms with Crippen LogP contribution in [0.15, 0.2) is 48.5 Å². The third-order valence-corrected chi connectivity index (χ3v) is 4.67. The fourth-order valence-corrected chi connectivity index (χ4v) is 3.25. The molecule has 0 aliphatic carbocycles. The van der Waals surface area contributed by atoms with E-state index >= 15 is 0 Å². The van der Waals surface area contributed by atoms with E-state index in [1.165, 1.54) is 11.3 Å². The van der Waals surface area contributed by atoms with Crippen LogP contribution in [0.5, 0.6) is 0 Å². The summed E-state index contributed by atoms with van der Waals surface area (Å²) in [4.78, 5) is 28.7. The second-order valence-corrected chi connectivity index (χ2v) is 6.86. The van der Waals surface area contributed by atoms with Crippen molar-refractivity contribution < 1.29 is 14.3 Å². The summed E-state index contributed by atoms with van der Waals surface area (Å²) in [5.41, 5.74) is 2.39. The van der Waals surface area contributed by atoms with E-state index in [1.54, 1.807) is 25.1 Å². The Kier molecular flexibility index (Phi) is 5.09. The third-order valence-electron chi connectivity index (χ3n) is 3.66. The van der Waals surface area contributed by atoms with Crippen LogP contribution in [0.2, 0.25) is 0 Å². The number of fused-ring (bicyclic) bond motifs is 1. The summed E-state index contributed by atoms with van der Waals surface area (Å²) in [5.74, 6) is -0.784. The Morgan fingerprint density at radius 3 is 2.76 bits per heavy atom. The molecule has 1 heterocycles. The van der Waals surface area contributed by atoms with Crippen molar-refractivity contribution in [2.24, 2.45) is 0 Å². The number of rotatable bonds is 5. The number of hydrogen-bond acceptors (Lipinski definition) is 5. The molecule has 128 valence electrons. The number of benzene rings is 2. The summed E-state index contributed by atoms with van der Waals surface area (Å²) in [5, 5.41) is 3.38. The smallest absolute Gasteiger partial charge is 0.328 e. The van der Waals surface area contributed by atoms with E-state index in [0.717, 1.165) is 20.8 Å². The Balaban J connectivity index is 1.56. The second kappa shape index (κ2) is 7.44. The van der Waals surface area contributed by atoms with Crippen LogP contribution in [-0.4, -0.2) is 22.9 Å². The van der Waals surface area contributed by atoms with Gasteiger partial charge in [-0.25, -0.2) is 9.78 Å². The van der Waals surface area contributed by atoms with Crippen molar-refractivity contribution in [1.29, 1.82) is 0 Å². The van der Waals surface area contributed by atoms with Crippen LogP contribution in [0, 0.1) is 6.92 Å². The lowest BCUT2D eigenvalue weighted by Crippen LogP contribution is -2.39. The van der Waals surface area contributed by atoms with Crippen LogP contribution >= 0.6 is 11.3 Å². The number of carbonyl (C=O) groups is 2. The molecule has 0 aliphatic rings. The fourth-order valence-electron chi connectivity index (χ4n) is 2.36. The Hall–Kier alpha value is -2.73. The van der Waals surface area contributed by atoms with Gasteiger partial charge in [-0.2, -0.15) is 0 Å². The minimum atomic E-state index is -0.734. The number of amides is 1. The number of nitrogens with zero attached hydrogens (tertiary/aromatic N) is 1. The molecule has 0 radical (unpaired) electrons. The summed E-state index contributed by atoms with van der Waals surface area (Å²) in [6.07, 6.45) is 0. The van der Waals surface area contributed by atoms with Crippen molar-refractivity contribution in [1.82, 2.24) is 10.3 Å². The first-order valence-corrected chi connectivity index (χ1v) is 8.73. The van der Waals surface area contributed by atoms with E-state index in [1.807, 2.05) is 37.3 Å². The first-order valence-electron chi connectivity index (χ1n) is 7.91. The molecule has 0 bridgehead atoms. The molecule has 0 saturated heterocycles. The van der Waals surface area contributed by atoms with Crippen LogP contribution in [0.4, 0.5) is 0 Å². The van der Waals surface area contributed by atoms with E-state index in [-0.39, 0.29) is 12.5 Å². The highest BCUT2D eigenvalue weighted by atomic mass is 32.1. The number of aryl methyl sites for hydroxylation is 1. The largest absolute Gasteiger partial charge is 0.457 e. The van der Waals surface area contributed by atoms with E-state index in [4.69, 9.17) is 4.74 Å². The maximum atomic E-state index is 12.2. The van der Waals surface area contributed by atoms with Gasteiger partial charge >= 0.3 is 5.97 Å². The molecule has 0 saturated carbocycles. The molecular weight excluding hydrogens is 336 g/mol. The normalized spacial score (nSPS) is 11.9. The van der Waals surface area contributed by atoms with E-state index < -0.39 is 12.0 Å². The summed E-state index contributed by atoms with van der Waals surface area (Å²) < 4.78 is 6.32. The van der Waals surface area contributed by atoms with Gasteiger partial charge in [0, 0.05) is 5.56 Å². The zero-order valence-electron chi connectivity index (χ0n) is 14.0. The Labute approximate surface area is 149 Å². The molecule has 6 heteroatoms. The maximum Gasteiger partial charge on any atom is 0.328 e. The van der Waals surface area contributed by atoms with Gasteiger partial charge in [0.2, 0.25) is 0 Å². The van der Waals surface area contributed by atoms with Crippen LogP contribution in [-0.2, 0) is 16.1 Å². The predicted molar refractivity (Wildman–Crippen MR) is 97.5 cm³/mol. The summed E-state index contributed by atoms with van der Waals surface area (Å²) >= 11 is 1.49. The van der Waals surface area contributed by atoms with Crippen LogP contribution in [0.25, 0.3) is 10.2 Å². The molecule has 25 heavy (non-hydrogen) atoms. The number of esters is 1. The van der Waals surface area contributed by atoms with Gasteiger partial charge in [0.15, 0.2) is 0 Å². The lowest BCUT2D eigenvalue weighted by atomic mass is 10.1. The van der Waals surface area contributed by atoms with Gasteiger partial charge in [-0.1, -0.05) is 29.8 Å². The van der Waals surface area contributed by atoms with E-state index in [2.05, 4.69) is 10.3 Å². The number of ether oxygens (including phenoxy) is 1. The average Bonchev–Trinajstić information content (AvgIpc) is 3.02. The number of aromatic nitrogens is 1. The monoisotopic (exact) mass is 354 g/mol. The van der Waals surface area contributed by atoms with Gasteiger partial charge in [0.1, 0.15) is 17.7 Å². The number of thiazole rings is 1. The van der Waals surface area contributed by atoms with E-state index in [9.17, 15) is 9.59 Å². The first-order chi connectivity index (χ1) is 12.0. The van der Waals surface area contributed by atoms with Crippen molar-refractivity contribution in [2.45, 2.75) is 26.5 Å². The number of carbonyl (C=O) groups excluding carboxylic acids is 2. The number of hydrogen-bond donors (Lipinski definition) is 1. The molecule has 1 amide bonds. The average molecular weight is 354 g/mol. The lowest BCUT2D eigenvalue weighted by molar-refractivity contribution is -0.146. The zero-order valence-corrected chi connectivity index (χ0v) is 14.8. The highest BCUT2D eigenvalue weighted by Crippen LogP contribution is 2.22. The van der Waals surface area contributed by atoms with Gasteiger partial charge in [-0.05, 0) is 38.1 Å². The van der Waals surface area contributed by atoms with Gasteiger partial charge in [0.25, 0.3) is 5.91 Å². The summed E-state index contributed by atoms with van der Waals surface area (Å²) in [6.45, 7) is 3.61. The third kappa shape index (κ3) is 4.22.